The van der Waals surface area contributed by atoms with Gasteiger partial charge in [-0.15, -0.1) is 0 Å². The van der Waals surface area contributed by atoms with Crippen LogP contribution in [0.5, 0.6) is 0 Å². The Balaban J connectivity index is -0.000000197. The number of rotatable bonds is 8. The van der Waals surface area contributed by atoms with E-state index in [1.807, 2.05) is 0 Å². The van der Waals surface area contributed by atoms with Crippen molar-refractivity contribution >= 4 is 5.97 Å². The molecule has 0 unspecified atom stereocenters. The van der Waals surface area contributed by atoms with Crippen LogP contribution in [0.25, 0.3) is 0 Å². The van der Waals surface area contributed by atoms with Crippen LogP contribution in [0, 0.1) is 0 Å². The summed E-state index contributed by atoms with van der Waals surface area (Å²) < 4.78 is 0. The topological polar surface area (TPSA) is 118 Å². The van der Waals surface area contributed by atoms with Gasteiger partial charge in [-0.1, -0.05) is 19.4 Å². The van der Waals surface area contributed by atoms with Gasteiger partial charge >= 0.3 is 5.97 Å². The van der Waals surface area contributed by atoms with Gasteiger partial charge in [0.2, 0.25) is 0 Å². The summed E-state index contributed by atoms with van der Waals surface area (Å²) in [5.41, 5.74) is 0. The van der Waals surface area contributed by atoms with E-state index < -0.39 is 5.97 Å². The minimum absolute atomic E-state index is 0.0938. The zero-order valence-electron chi connectivity index (χ0n) is 10.8. The molecule has 0 saturated heterocycles. The number of aliphatic carboxylic acids is 1. The van der Waals surface area contributed by atoms with Gasteiger partial charge in [0.25, 0.3) is 0 Å². The molecule has 0 spiro atoms. The Morgan fingerprint density at radius 3 is 1.17 bits per heavy atom. The Labute approximate surface area is 108 Å². The summed E-state index contributed by atoms with van der Waals surface area (Å²) in [5, 5.41) is 40.0. The van der Waals surface area contributed by atoms with Gasteiger partial charge in [-0.3, -0.25) is 0 Å². The van der Waals surface area contributed by atoms with Crippen molar-refractivity contribution < 1.29 is 30.3 Å². The Hall–Kier alpha value is -0.950. The van der Waals surface area contributed by atoms with Crippen molar-refractivity contribution in [1.29, 1.82) is 0 Å². The van der Waals surface area contributed by atoms with Gasteiger partial charge in [0.15, 0.2) is 0 Å². The third kappa shape index (κ3) is 45.8. The highest BCUT2D eigenvalue weighted by molar-refractivity contribution is 5.78. The zero-order valence-corrected chi connectivity index (χ0v) is 10.8. The first kappa shape index (κ1) is 22.2. The van der Waals surface area contributed by atoms with E-state index in [-0.39, 0.29) is 26.4 Å². The van der Waals surface area contributed by atoms with Crippen LogP contribution in [0.3, 0.4) is 0 Å². The number of carboxylic acid groups (broad SMARTS) is 1. The number of carboxylic acids is 1. The van der Waals surface area contributed by atoms with Gasteiger partial charge in [-0.2, -0.15) is 0 Å². The van der Waals surface area contributed by atoms with E-state index in [1.54, 1.807) is 0 Å². The van der Waals surface area contributed by atoms with Crippen LogP contribution in [-0.2, 0) is 4.79 Å². The van der Waals surface area contributed by atoms with E-state index in [4.69, 9.17) is 25.5 Å². The molecular formula is C12H26O6. The van der Waals surface area contributed by atoms with Crippen LogP contribution in [0.2, 0.25) is 0 Å². The minimum Gasteiger partial charge on any atom is -0.478 e. The predicted molar refractivity (Wildman–Crippen MR) is 69.3 cm³/mol. The smallest absolute Gasteiger partial charge is 0.327 e. The molecule has 0 atom stereocenters. The van der Waals surface area contributed by atoms with Crippen molar-refractivity contribution in [2.45, 2.75) is 32.1 Å². The van der Waals surface area contributed by atoms with Crippen LogP contribution < -0.4 is 0 Å². The quantitative estimate of drug-likeness (QED) is 0.315. The lowest BCUT2D eigenvalue weighted by Gasteiger charge is -1.93. The molecule has 0 aromatic rings. The largest absolute Gasteiger partial charge is 0.478 e. The lowest BCUT2D eigenvalue weighted by molar-refractivity contribution is -0.131. The standard InChI is InChI=1S/C6H14O2.C3H4O2.C3H8O2/c7-5-3-1-2-4-6-8;1-2-3(4)5;4-2-1-3-5/h7-8H,1-6H2;2H,1H2,(H,4,5);4-5H,1-3H2. The summed E-state index contributed by atoms with van der Waals surface area (Å²) in [7, 11) is 0. The van der Waals surface area contributed by atoms with Gasteiger partial charge in [-0.25, -0.2) is 4.79 Å². The van der Waals surface area contributed by atoms with E-state index in [9.17, 15) is 4.79 Å². The molecule has 0 amide bonds. The third-order valence-electron chi connectivity index (χ3n) is 1.56. The van der Waals surface area contributed by atoms with Crippen LogP contribution in [0.4, 0.5) is 0 Å². The lowest BCUT2D eigenvalue weighted by atomic mass is 10.2. The number of carbonyl (C=O) groups is 1. The summed E-state index contributed by atoms with van der Waals surface area (Å²) >= 11 is 0. The third-order valence-corrected chi connectivity index (χ3v) is 1.56. The fraction of sp³-hybridized carbons (Fsp3) is 0.750. The Kier molecular flexibility index (Phi) is 30.9. The molecule has 0 aromatic heterocycles. The highest BCUT2D eigenvalue weighted by Gasteiger charge is 1.84. The molecule has 0 aliphatic heterocycles. The van der Waals surface area contributed by atoms with Gasteiger partial charge in [0.05, 0.1) is 0 Å². The SMILES string of the molecule is C=CC(=O)O.OCCCCCCO.OCCCO. The fourth-order valence-electron chi connectivity index (χ4n) is 0.648. The maximum Gasteiger partial charge on any atom is 0.327 e. The van der Waals surface area contributed by atoms with E-state index in [0.29, 0.717) is 6.42 Å². The van der Waals surface area contributed by atoms with E-state index in [0.717, 1.165) is 31.8 Å². The lowest BCUT2D eigenvalue weighted by Crippen LogP contribution is -1.85. The highest BCUT2D eigenvalue weighted by atomic mass is 16.4. The van der Waals surface area contributed by atoms with Crippen molar-refractivity contribution in [2.75, 3.05) is 26.4 Å². The molecule has 110 valence electrons. The monoisotopic (exact) mass is 266 g/mol. The van der Waals surface area contributed by atoms with Gasteiger partial charge in [0, 0.05) is 32.5 Å². The molecule has 6 heteroatoms. The highest BCUT2D eigenvalue weighted by Crippen LogP contribution is 1.96. The first-order valence-electron chi connectivity index (χ1n) is 5.89. The van der Waals surface area contributed by atoms with Crippen molar-refractivity contribution in [2.24, 2.45) is 0 Å². The molecule has 0 aliphatic rings. The minimum atomic E-state index is -0.981. The molecule has 18 heavy (non-hydrogen) atoms. The summed E-state index contributed by atoms with van der Waals surface area (Å²) in [6.45, 7) is 3.71. The molecule has 0 rings (SSSR count). The molecule has 5 N–H and O–H groups in total. The average Bonchev–Trinajstić information content (AvgIpc) is 2.37. The number of aliphatic hydroxyl groups excluding tert-OH is 4. The fourth-order valence-corrected chi connectivity index (χ4v) is 0.648. The average molecular weight is 266 g/mol. The van der Waals surface area contributed by atoms with E-state index in [2.05, 4.69) is 6.58 Å². The maximum absolute atomic E-state index is 9.25. The van der Waals surface area contributed by atoms with E-state index in [1.165, 1.54) is 0 Å². The number of aliphatic hydroxyl groups is 4. The summed E-state index contributed by atoms with van der Waals surface area (Å²) in [5.74, 6) is -0.981. The molecule has 0 saturated carbocycles. The number of unbranched alkanes of at least 4 members (excludes halogenated alkanes) is 3. The number of hydrogen-bond donors (Lipinski definition) is 5. The molecule has 0 radical (unpaired) electrons. The van der Waals surface area contributed by atoms with Crippen molar-refractivity contribution in [3.8, 4) is 0 Å². The van der Waals surface area contributed by atoms with Crippen LogP contribution >= 0.6 is 0 Å². The van der Waals surface area contributed by atoms with E-state index >= 15 is 0 Å². The normalized spacial score (nSPS) is 8.44. The van der Waals surface area contributed by atoms with Gasteiger partial charge in [-0.05, 0) is 19.3 Å². The summed E-state index contributed by atoms with van der Waals surface area (Å²) in [4.78, 5) is 9.25. The summed E-state index contributed by atoms with van der Waals surface area (Å²) in [6.07, 6.45) is 5.16. The molecule has 0 bridgehead atoms. The first-order chi connectivity index (χ1) is 8.60. The predicted octanol–water partition coefficient (Wildman–Crippen LogP) is 0.150. The molecule has 0 aliphatic carbocycles. The van der Waals surface area contributed by atoms with Crippen LogP contribution in [0.15, 0.2) is 12.7 Å². The van der Waals surface area contributed by atoms with Crippen LogP contribution in [0.1, 0.15) is 32.1 Å². The molecule has 0 fully saturated rings. The molecule has 6 nitrogen and oxygen atoms in total. The second-order valence-corrected chi connectivity index (χ2v) is 3.20. The van der Waals surface area contributed by atoms with Crippen molar-refractivity contribution in [1.82, 2.24) is 0 Å². The zero-order chi connectivity index (χ0) is 14.6. The Bertz CT molecular complexity index is 153. The summed E-state index contributed by atoms with van der Waals surface area (Å²) in [6, 6.07) is 0. The maximum atomic E-state index is 9.25. The Morgan fingerprint density at radius 2 is 1.06 bits per heavy atom. The van der Waals surface area contributed by atoms with Crippen molar-refractivity contribution in [3.05, 3.63) is 12.7 Å². The van der Waals surface area contributed by atoms with Gasteiger partial charge in [0.1, 0.15) is 0 Å². The first-order valence-corrected chi connectivity index (χ1v) is 5.89. The molecule has 0 heterocycles. The molecule has 0 aromatic carbocycles. The van der Waals surface area contributed by atoms with Gasteiger partial charge < -0.3 is 25.5 Å². The molecular weight excluding hydrogens is 240 g/mol. The van der Waals surface area contributed by atoms with Crippen molar-refractivity contribution in [3.63, 3.8) is 0 Å². The second-order valence-electron chi connectivity index (χ2n) is 3.20. The second kappa shape index (κ2) is 25.0. The Morgan fingerprint density at radius 1 is 0.778 bits per heavy atom. The van der Waals surface area contributed by atoms with Crippen LogP contribution in [-0.4, -0.2) is 57.9 Å². The number of hydrogen-bond acceptors (Lipinski definition) is 5.